The van der Waals surface area contributed by atoms with E-state index in [0.29, 0.717) is 10.9 Å². The van der Waals surface area contributed by atoms with Gasteiger partial charge in [0.05, 0.1) is 29.7 Å². The maximum atomic E-state index is 14.1. The molecule has 34 heavy (non-hydrogen) atoms. The van der Waals surface area contributed by atoms with Crippen LogP contribution in [0.5, 0.6) is 0 Å². The van der Waals surface area contributed by atoms with Gasteiger partial charge in [0.25, 0.3) is 5.91 Å². The summed E-state index contributed by atoms with van der Waals surface area (Å²) in [6.07, 6.45) is 0. The minimum absolute atomic E-state index is 0.0425. The van der Waals surface area contributed by atoms with E-state index in [1.807, 2.05) is 0 Å². The Morgan fingerprint density at radius 3 is 2.68 bits per heavy atom. The smallest absolute Gasteiger partial charge is 0.269 e. The molecular weight excluding hydrogens is 465 g/mol. The van der Waals surface area contributed by atoms with Gasteiger partial charge >= 0.3 is 0 Å². The molecule has 0 aliphatic carbocycles. The van der Waals surface area contributed by atoms with Gasteiger partial charge in [0.1, 0.15) is 12.4 Å². The van der Waals surface area contributed by atoms with Crippen molar-refractivity contribution < 1.29 is 23.5 Å². The summed E-state index contributed by atoms with van der Waals surface area (Å²) in [5, 5.41) is 7.29. The summed E-state index contributed by atoms with van der Waals surface area (Å²) in [5.41, 5.74) is 6.27. The molecule has 0 spiro atoms. The summed E-state index contributed by atoms with van der Waals surface area (Å²) >= 11 is 5.78. The summed E-state index contributed by atoms with van der Waals surface area (Å²) < 4.78 is 20.6. The second-order valence-corrected chi connectivity index (χ2v) is 8.11. The zero-order valence-electron chi connectivity index (χ0n) is 18.8. The first-order chi connectivity index (χ1) is 16.2. The van der Waals surface area contributed by atoms with Gasteiger partial charge in [-0.05, 0) is 19.1 Å². The van der Waals surface area contributed by atoms with Gasteiger partial charge in [0, 0.05) is 24.6 Å². The van der Waals surface area contributed by atoms with Crippen molar-refractivity contribution in [3.63, 3.8) is 0 Å². The molecule has 1 heterocycles. The van der Waals surface area contributed by atoms with Crippen LogP contribution in [0.1, 0.15) is 23.0 Å². The highest BCUT2D eigenvalue weighted by atomic mass is 35.5. The molecule has 2 aromatic carbocycles. The summed E-state index contributed by atoms with van der Waals surface area (Å²) in [6, 6.07) is 11.0. The molecule has 3 aromatic rings. The fraction of sp³-hybridized carbons (Fsp3) is 0.304. The molecule has 9 nitrogen and oxygen atoms in total. The van der Waals surface area contributed by atoms with Crippen LogP contribution in [0.2, 0.25) is 5.02 Å². The molecule has 1 unspecified atom stereocenters. The third kappa shape index (κ3) is 5.70. The van der Waals surface area contributed by atoms with E-state index < -0.39 is 29.6 Å². The summed E-state index contributed by atoms with van der Waals surface area (Å²) in [7, 11) is 1.49. The molecule has 0 fully saturated rings. The van der Waals surface area contributed by atoms with Crippen LogP contribution < -0.4 is 11.1 Å². The topological polar surface area (TPSA) is 120 Å². The van der Waals surface area contributed by atoms with Crippen LogP contribution in [-0.2, 0) is 27.4 Å². The highest BCUT2D eigenvalue weighted by Gasteiger charge is 2.25. The number of carbonyl (C=O) groups is 3. The molecule has 1 aromatic heterocycles. The first-order valence-electron chi connectivity index (χ1n) is 10.5. The van der Waals surface area contributed by atoms with Gasteiger partial charge in [-0.15, -0.1) is 0 Å². The van der Waals surface area contributed by atoms with E-state index in [-0.39, 0.29) is 42.5 Å². The number of hydrogen-bond donors (Lipinski definition) is 2. The van der Waals surface area contributed by atoms with Crippen molar-refractivity contribution in [3.8, 4) is 0 Å². The van der Waals surface area contributed by atoms with E-state index in [2.05, 4.69) is 10.4 Å². The van der Waals surface area contributed by atoms with Crippen LogP contribution in [0, 0.1) is 5.82 Å². The second-order valence-electron chi connectivity index (χ2n) is 7.70. The minimum Gasteiger partial charge on any atom is -0.383 e. The number of nitrogens with zero attached hydrogens (tertiary/aromatic N) is 3. The van der Waals surface area contributed by atoms with Crippen molar-refractivity contribution in [1.82, 2.24) is 20.0 Å². The number of halogens is 2. The van der Waals surface area contributed by atoms with Crippen molar-refractivity contribution >= 4 is 40.2 Å². The zero-order chi connectivity index (χ0) is 24.8. The average molecular weight is 490 g/mol. The van der Waals surface area contributed by atoms with Gasteiger partial charge in [-0.1, -0.05) is 41.9 Å². The van der Waals surface area contributed by atoms with Gasteiger partial charge in [-0.25, -0.2) is 4.39 Å². The molecule has 3 rings (SSSR count). The van der Waals surface area contributed by atoms with Crippen molar-refractivity contribution in [2.24, 2.45) is 5.73 Å². The number of aromatic nitrogens is 2. The maximum absolute atomic E-state index is 14.1. The standard InChI is InChI=1S/C23H25ClFN5O4/c1-14(13-34-2)29(11-19(31)27-10-15-6-5-8-17(24)21(15)25)20(32)12-30-18-9-4-3-7-16(18)22(28-30)23(26)33/h3-9,14H,10-13H2,1-2H3,(H2,26,33)(H,27,31). The molecule has 0 aliphatic heterocycles. The van der Waals surface area contributed by atoms with E-state index in [9.17, 15) is 18.8 Å². The average Bonchev–Trinajstić information content (AvgIpc) is 3.17. The highest BCUT2D eigenvalue weighted by molar-refractivity contribution is 6.30. The number of hydrogen-bond acceptors (Lipinski definition) is 5. The summed E-state index contributed by atoms with van der Waals surface area (Å²) in [5.74, 6) is -2.22. The van der Waals surface area contributed by atoms with Crippen LogP contribution in [0.25, 0.3) is 10.9 Å². The minimum atomic E-state index is -0.709. The van der Waals surface area contributed by atoms with Crippen molar-refractivity contribution in [2.75, 3.05) is 20.3 Å². The van der Waals surface area contributed by atoms with E-state index in [1.165, 1.54) is 28.8 Å². The van der Waals surface area contributed by atoms with Crippen LogP contribution in [-0.4, -0.2) is 58.7 Å². The zero-order valence-corrected chi connectivity index (χ0v) is 19.5. The Hall–Kier alpha value is -3.50. The molecule has 0 radical (unpaired) electrons. The lowest BCUT2D eigenvalue weighted by Gasteiger charge is -2.28. The Balaban J connectivity index is 1.76. The Morgan fingerprint density at radius 1 is 1.24 bits per heavy atom. The number of methoxy groups -OCH3 is 1. The number of primary amides is 1. The predicted molar refractivity (Wildman–Crippen MR) is 125 cm³/mol. The number of nitrogens with one attached hydrogen (secondary N) is 1. The van der Waals surface area contributed by atoms with Gasteiger partial charge in [0.15, 0.2) is 5.69 Å². The molecule has 3 amide bonds. The number of amides is 3. The second kappa shape index (κ2) is 11.1. The van der Waals surface area contributed by atoms with Crippen molar-refractivity contribution in [2.45, 2.75) is 26.1 Å². The van der Waals surface area contributed by atoms with E-state index in [4.69, 9.17) is 22.1 Å². The van der Waals surface area contributed by atoms with Crippen LogP contribution in [0.3, 0.4) is 0 Å². The Kier molecular flexibility index (Phi) is 8.19. The molecule has 1 atom stereocenters. The molecule has 11 heteroatoms. The SMILES string of the molecule is COCC(C)N(CC(=O)NCc1cccc(Cl)c1F)C(=O)Cn1nc(C(N)=O)c2ccccc21. The van der Waals surface area contributed by atoms with Gasteiger partial charge in [-0.2, -0.15) is 5.10 Å². The van der Waals surface area contributed by atoms with Crippen molar-refractivity contribution in [1.29, 1.82) is 0 Å². The largest absolute Gasteiger partial charge is 0.383 e. The van der Waals surface area contributed by atoms with E-state index in [0.717, 1.165) is 0 Å². The number of fused-ring (bicyclic) bond motifs is 1. The maximum Gasteiger partial charge on any atom is 0.269 e. The number of benzene rings is 2. The highest BCUT2D eigenvalue weighted by Crippen LogP contribution is 2.19. The molecule has 0 saturated heterocycles. The molecule has 0 saturated carbocycles. The van der Waals surface area contributed by atoms with E-state index in [1.54, 1.807) is 37.3 Å². The lowest BCUT2D eigenvalue weighted by Crippen LogP contribution is -2.48. The molecule has 0 aliphatic rings. The first-order valence-corrected chi connectivity index (χ1v) is 10.8. The number of ether oxygens (including phenoxy) is 1. The summed E-state index contributed by atoms with van der Waals surface area (Å²) in [4.78, 5) is 38.9. The Labute approximate surface area is 200 Å². The van der Waals surface area contributed by atoms with Crippen LogP contribution >= 0.6 is 11.6 Å². The molecular formula is C23H25ClFN5O4. The third-order valence-corrected chi connectivity index (χ3v) is 5.55. The Bertz CT molecular complexity index is 1220. The molecule has 0 bridgehead atoms. The predicted octanol–water partition coefficient (Wildman–Crippen LogP) is 2.11. The molecule has 180 valence electrons. The third-order valence-electron chi connectivity index (χ3n) is 5.26. The first kappa shape index (κ1) is 25.1. The quantitative estimate of drug-likeness (QED) is 0.452. The van der Waals surface area contributed by atoms with Gasteiger partial charge in [0.2, 0.25) is 11.8 Å². The summed E-state index contributed by atoms with van der Waals surface area (Å²) in [6.45, 7) is 1.33. The van der Waals surface area contributed by atoms with Crippen molar-refractivity contribution in [3.05, 3.63) is 64.6 Å². The Morgan fingerprint density at radius 2 is 1.97 bits per heavy atom. The monoisotopic (exact) mass is 489 g/mol. The lowest BCUT2D eigenvalue weighted by atomic mass is 10.2. The number of carbonyl (C=O) groups excluding carboxylic acids is 3. The van der Waals surface area contributed by atoms with Gasteiger partial charge < -0.3 is 20.7 Å². The number of nitrogens with two attached hydrogens (primary N) is 1. The number of rotatable bonds is 10. The van der Waals surface area contributed by atoms with Gasteiger partial charge in [-0.3, -0.25) is 19.1 Å². The molecule has 3 N–H and O–H groups in total. The number of para-hydroxylation sites is 1. The van der Waals surface area contributed by atoms with Crippen LogP contribution in [0.15, 0.2) is 42.5 Å². The van der Waals surface area contributed by atoms with E-state index >= 15 is 0 Å². The fourth-order valence-corrected chi connectivity index (χ4v) is 3.75. The normalized spacial score (nSPS) is 11.9. The fourth-order valence-electron chi connectivity index (χ4n) is 3.56. The van der Waals surface area contributed by atoms with Crippen LogP contribution in [0.4, 0.5) is 4.39 Å². The lowest BCUT2D eigenvalue weighted by molar-refractivity contribution is -0.139.